The fraction of sp³-hybridized carbons (Fsp3) is 0.915. The number of carbonyl (C=O) groups is 1. The Morgan fingerprint density at radius 2 is 0.808 bits per heavy atom. The van der Waals surface area contributed by atoms with Crippen LogP contribution in [0.5, 0.6) is 0 Å². The Morgan fingerprint density at radius 3 is 1.24 bits per heavy atom. The van der Waals surface area contributed by atoms with Gasteiger partial charge in [0.25, 0.3) is 0 Å². The van der Waals surface area contributed by atoms with Crippen LogP contribution in [-0.2, 0) is 33.2 Å². The van der Waals surface area contributed by atoms with E-state index < -0.39 is 124 Å². The minimum atomic E-state index is -1.98. The number of unbranched alkanes of at least 4 members (excludes halogenated alkanes) is 27. The molecule has 0 aromatic carbocycles. The van der Waals surface area contributed by atoms with Crippen molar-refractivity contribution in [2.75, 3.05) is 26.4 Å². The zero-order valence-corrected chi connectivity index (χ0v) is 47.7. The SMILES string of the molecule is CCCCCCCC/C=C\CCCCCCCCCC(=O)NC(COC1OC(CO)C(OC2OC(CO)C(OC3OC(CO)C(O)C(O)C3O)C(O)C2O)C(O)C1O)C(O)/C=C/CCCCCCCCCCCCCCCC. The van der Waals surface area contributed by atoms with Crippen molar-refractivity contribution in [2.24, 2.45) is 0 Å². The number of aliphatic hydroxyl groups is 11. The number of nitrogens with one attached hydrogen (secondary N) is 1. The third-order valence-corrected chi connectivity index (χ3v) is 15.5. The van der Waals surface area contributed by atoms with Gasteiger partial charge in [0.15, 0.2) is 18.9 Å². The highest BCUT2D eigenvalue weighted by Crippen LogP contribution is 2.33. The lowest BCUT2D eigenvalue weighted by atomic mass is 9.96. The lowest BCUT2D eigenvalue weighted by molar-refractivity contribution is -0.379. The molecule has 0 aromatic rings. The Labute approximate surface area is 467 Å². The molecule has 3 aliphatic heterocycles. The van der Waals surface area contributed by atoms with Crippen LogP contribution < -0.4 is 5.32 Å². The maximum absolute atomic E-state index is 13.3. The van der Waals surface area contributed by atoms with E-state index in [0.717, 1.165) is 57.8 Å². The van der Waals surface area contributed by atoms with Crippen LogP contribution in [0, 0.1) is 0 Å². The molecule has 0 aliphatic carbocycles. The van der Waals surface area contributed by atoms with Crippen molar-refractivity contribution >= 4 is 5.91 Å². The van der Waals surface area contributed by atoms with Crippen LogP contribution in [0.3, 0.4) is 0 Å². The summed E-state index contributed by atoms with van der Waals surface area (Å²) >= 11 is 0. The van der Waals surface area contributed by atoms with Crippen molar-refractivity contribution in [1.82, 2.24) is 5.32 Å². The van der Waals surface area contributed by atoms with Crippen molar-refractivity contribution in [3.8, 4) is 0 Å². The predicted molar refractivity (Wildman–Crippen MR) is 296 cm³/mol. The smallest absolute Gasteiger partial charge is 0.220 e. The molecule has 3 aliphatic rings. The molecule has 19 nitrogen and oxygen atoms in total. The first-order valence-electron chi connectivity index (χ1n) is 30.6. The molecule has 17 atom stereocenters. The minimum absolute atomic E-state index is 0.240. The number of aliphatic hydroxyl groups excluding tert-OH is 11. The van der Waals surface area contributed by atoms with Crippen LogP contribution in [0.4, 0.5) is 0 Å². The van der Waals surface area contributed by atoms with Crippen LogP contribution in [0.2, 0.25) is 0 Å². The highest BCUT2D eigenvalue weighted by Gasteiger charge is 2.53. The highest BCUT2D eigenvalue weighted by atomic mass is 16.8. The number of hydrogen-bond acceptors (Lipinski definition) is 18. The molecule has 12 N–H and O–H groups in total. The van der Waals surface area contributed by atoms with E-state index in [1.807, 2.05) is 6.08 Å². The van der Waals surface area contributed by atoms with Crippen molar-refractivity contribution in [3.63, 3.8) is 0 Å². The molecular weight excluding hydrogens is 1010 g/mol. The molecule has 0 spiro atoms. The molecule has 19 heteroatoms. The number of ether oxygens (including phenoxy) is 6. The fourth-order valence-corrected chi connectivity index (χ4v) is 10.4. The molecule has 0 aromatic heterocycles. The van der Waals surface area contributed by atoms with Gasteiger partial charge in [-0.2, -0.15) is 0 Å². The van der Waals surface area contributed by atoms with E-state index >= 15 is 0 Å². The Balaban J connectivity index is 1.51. The van der Waals surface area contributed by atoms with Crippen LogP contribution in [0.25, 0.3) is 0 Å². The van der Waals surface area contributed by atoms with Gasteiger partial charge in [0.2, 0.25) is 5.91 Å². The minimum Gasteiger partial charge on any atom is -0.394 e. The van der Waals surface area contributed by atoms with Gasteiger partial charge in [-0.3, -0.25) is 4.79 Å². The third kappa shape index (κ3) is 26.7. The summed E-state index contributed by atoms with van der Waals surface area (Å²) in [5.41, 5.74) is 0. The first-order valence-corrected chi connectivity index (χ1v) is 30.6. The maximum Gasteiger partial charge on any atom is 0.220 e. The Hall–Kier alpha value is -1.73. The molecule has 17 unspecified atom stereocenters. The lowest BCUT2D eigenvalue weighted by Gasteiger charge is -2.48. The molecule has 458 valence electrons. The van der Waals surface area contributed by atoms with Crippen molar-refractivity contribution in [3.05, 3.63) is 24.3 Å². The number of hydrogen-bond donors (Lipinski definition) is 12. The Bertz CT molecular complexity index is 1530. The molecule has 3 saturated heterocycles. The van der Waals surface area contributed by atoms with Gasteiger partial charge in [0.05, 0.1) is 38.6 Å². The van der Waals surface area contributed by atoms with Crippen molar-refractivity contribution in [1.29, 1.82) is 0 Å². The molecule has 0 radical (unpaired) electrons. The molecule has 0 saturated carbocycles. The summed E-state index contributed by atoms with van der Waals surface area (Å²) in [7, 11) is 0. The second kappa shape index (κ2) is 43.0. The van der Waals surface area contributed by atoms with E-state index in [0.29, 0.717) is 6.42 Å². The topological polar surface area (TPSA) is 307 Å². The molecular formula is C59H109NO18. The zero-order valence-electron chi connectivity index (χ0n) is 47.7. The zero-order chi connectivity index (χ0) is 56.9. The standard InChI is InChI=1S/C59H109NO18/c1-3-5-7-9-11-13-15-17-19-21-23-25-27-29-31-33-35-37-47(65)60-42(43(64)36-34-32-30-28-26-24-22-20-18-16-14-12-10-8-6-4-2)41-73-57-53(71)50(68)55(45(39-62)75-57)78-59-54(72)51(69)56(46(40-63)76-59)77-58-52(70)49(67)48(66)44(38-61)74-58/h17,19,34,36,42-46,48-59,61-64,66-72H,3-16,18,20-33,35,37-41H2,1-2H3,(H,60,65)/b19-17-,36-34+. The van der Waals surface area contributed by atoms with Crippen LogP contribution in [0.1, 0.15) is 213 Å². The number of allylic oxidation sites excluding steroid dienone is 3. The van der Waals surface area contributed by atoms with Gasteiger partial charge < -0.3 is 89.9 Å². The summed E-state index contributed by atoms with van der Waals surface area (Å²) in [5.74, 6) is -0.280. The molecule has 1 amide bonds. The van der Waals surface area contributed by atoms with Crippen LogP contribution in [-0.4, -0.2) is 193 Å². The molecule has 3 fully saturated rings. The third-order valence-electron chi connectivity index (χ3n) is 15.5. The van der Waals surface area contributed by atoms with Gasteiger partial charge in [0, 0.05) is 6.42 Å². The normalized spacial score (nSPS) is 30.6. The lowest BCUT2D eigenvalue weighted by Crippen LogP contribution is -2.66. The summed E-state index contributed by atoms with van der Waals surface area (Å²) in [6.45, 7) is 1.72. The average molecular weight is 1120 g/mol. The summed E-state index contributed by atoms with van der Waals surface area (Å²) < 4.78 is 34.2. The summed E-state index contributed by atoms with van der Waals surface area (Å²) in [6.07, 6.45) is 17.2. The first-order chi connectivity index (χ1) is 37.8. The van der Waals surface area contributed by atoms with Gasteiger partial charge in [-0.15, -0.1) is 0 Å². The van der Waals surface area contributed by atoms with Crippen LogP contribution >= 0.6 is 0 Å². The van der Waals surface area contributed by atoms with Gasteiger partial charge in [-0.25, -0.2) is 0 Å². The van der Waals surface area contributed by atoms with E-state index in [9.17, 15) is 61.0 Å². The van der Waals surface area contributed by atoms with E-state index in [-0.39, 0.29) is 18.9 Å². The predicted octanol–water partition coefficient (Wildman–Crippen LogP) is 5.54. The van der Waals surface area contributed by atoms with E-state index in [4.69, 9.17) is 28.4 Å². The van der Waals surface area contributed by atoms with Crippen molar-refractivity contribution < 1.29 is 89.4 Å². The number of carbonyl (C=O) groups excluding carboxylic acids is 1. The quantitative estimate of drug-likeness (QED) is 0.0263. The van der Waals surface area contributed by atoms with Crippen LogP contribution in [0.15, 0.2) is 24.3 Å². The Kier molecular flexibility index (Phi) is 38.9. The van der Waals surface area contributed by atoms with Gasteiger partial charge in [-0.1, -0.05) is 186 Å². The molecule has 3 heterocycles. The van der Waals surface area contributed by atoms with Gasteiger partial charge in [-0.05, 0) is 44.9 Å². The monoisotopic (exact) mass is 1120 g/mol. The number of amides is 1. The van der Waals surface area contributed by atoms with Crippen molar-refractivity contribution in [2.45, 2.75) is 317 Å². The first kappa shape index (κ1) is 70.5. The summed E-state index contributed by atoms with van der Waals surface area (Å²) in [4.78, 5) is 13.3. The maximum atomic E-state index is 13.3. The van der Waals surface area contributed by atoms with E-state index in [1.54, 1.807) is 6.08 Å². The largest absolute Gasteiger partial charge is 0.394 e. The molecule has 3 rings (SSSR count). The highest BCUT2D eigenvalue weighted by molar-refractivity contribution is 5.76. The van der Waals surface area contributed by atoms with E-state index in [1.165, 1.54) is 128 Å². The molecule has 78 heavy (non-hydrogen) atoms. The number of rotatable bonds is 45. The average Bonchev–Trinajstić information content (AvgIpc) is 3.45. The fourth-order valence-electron chi connectivity index (χ4n) is 10.4. The molecule has 0 bridgehead atoms. The van der Waals surface area contributed by atoms with E-state index in [2.05, 4.69) is 31.3 Å². The Morgan fingerprint density at radius 1 is 0.449 bits per heavy atom. The second-order valence-corrected chi connectivity index (χ2v) is 22.2. The second-order valence-electron chi connectivity index (χ2n) is 22.2. The summed E-state index contributed by atoms with van der Waals surface area (Å²) in [5, 5.41) is 120. The van der Waals surface area contributed by atoms with Gasteiger partial charge >= 0.3 is 0 Å². The summed E-state index contributed by atoms with van der Waals surface area (Å²) in [6, 6.07) is -0.972. The van der Waals surface area contributed by atoms with Gasteiger partial charge in [0.1, 0.15) is 73.2 Å².